The summed E-state index contributed by atoms with van der Waals surface area (Å²) >= 11 is 6.05. The highest BCUT2D eigenvalue weighted by atomic mass is 35.5. The van der Waals surface area contributed by atoms with E-state index in [0.717, 1.165) is 4.31 Å². The van der Waals surface area contributed by atoms with E-state index in [9.17, 15) is 18.5 Å². The number of halogens is 1. The summed E-state index contributed by atoms with van der Waals surface area (Å²) in [5.74, 6) is 0. The first-order valence-electron chi connectivity index (χ1n) is 7.41. The zero-order valence-electron chi connectivity index (χ0n) is 13.7. The van der Waals surface area contributed by atoms with Gasteiger partial charge in [0.2, 0.25) is 0 Å². The number of nitro groups is 1. The van der Waals surface area contributed by atoms with Crippen LogP contribution in [0.1, 0.15) is 19.4 Å². The van der Waals surface area contributed by atoms with Crippen LogP contribution in [-0.2, 0) is 21.5 Å². The van der Waals surface area contributed by atoms with Crippen LogP contribution >= 0.6 is 11.6 Å². The molecule has 134 valence electrons. The molecular weight excluding hydrogens is 358 g/mol. The Morgan fingerprint density at radius 3 is 2.50 bits per heavy atom. The van der Waals surface area contributed by atoms with Crippen molar-refractivity contribution in [3.8, 4) is 0 Å². The quantitative estimate of drug-likeness (QED) is 0.578. The summed E-state index contributed by atoms with van der Waals surface area (Å²) in [6.07, 6.45) is -0.392. The molecule has 1 fully saturated rings. The van der Waals surface area contributed by atoms with E-state index in [2.05, 4.69) is 0 Å². The Morgan fingerprint density at radius 2 is 1.96 bits per heavy atom. The maximum atomic E-state index is 12.7. The van der Waals surface area contributed by atoms with Crippen molar-refractivity contribution in [2.75, 3.05) is 20.1 Å². The highest BCUT2D eigenvalue weighted by Crippen LogP contribution is 2.25. The van der Waals surface area contributed by atoms with E-state index >= 15 is 0 Å². The van der Waals surface area contributed by atoms with Gasteiger partial charge >= 0.3 is 0 Å². The zero-order chi connectivity index (χ0) is 18.1. The molecule has 0 aromatic heterocycles. The molecule has 0 amide bonds. The van der Waals surface area contributed by atoms with Gasteiger partial charge < -0.3 is 4.74 Å². The first kappa shape index (κ1) is 19.1. The number of benzene rings is 1. The Balaban J connectivity index is 2.20. The van der Waals surface area contributed by atoms with Crippen LogP contribution in [0.3, 0.4) is 0 Å². The number of nitro benzene ring substituents is 1. The van der Waals surface area contributed by atoms with Gasteiger partial charge in [0.05, 0.1) is 17.1 Å². The van der Waals surface area contributed by atoms with Gasteiger partial charge in [0.15, 0.2) is 0 Å². The van der Waals surface area contributed by atoms with Gasteiger partial charge in [0, 0.05) is 43.8 Å². The molecule has 1 aliphatic heterocycles. The topological polar surface area (TPSA) is 93.0 Å². The fourth-order valence-electron chi connectivity index (χ4n) is 2.63. The van der Waals surface area contributed by atoms with Crippen LogP contribution in [0.25, 0.3) is 0 Å². The molecule has 8 nitrogen and oxygen atoms in total. The van der Waals surface area contributed by atoms with Crippen molar-refractivity contribution in [2.45, 2.75) is 32.6 Å². The van der Waals surface area contributed by atoms with E-state index in [0.29, 0.717) is 5.56 Å². The van der Waals surface area contributed by atoms with Crippen LogP contribution in [0, 0.1) is 10.1 Å². The molecule has 0 bridgehead atoms. The summed E-state index contributed by atoms with van der Waals surface area (Å²) in [6, 6.07) is 3.97. The predicted octanol–water partition coefficient (Wildman–Crippen LogP) is 2.03. The maximum absolute atomic E-state index is 12.7. The van der Waals surface area contributed by atoms with E-state index in [1.165, 1.54) is 29.6 Å². The van der Waals surface area contributed by atoms with Crippen molar-refractivity contribution >= 4 is 27.5 Å². The van der Waals surface area contributed by atoms with Crippen LogP contribution in [-0.4, -0.2) is 54.3 Å². The van der Waals surface area contributed by atoms with Crippen LogP contribution in [0.15, 0.2) is 18.2 Å². The largest absolute Gasteiger partial charge is 0.373 e. The summed E-state index contributed by atoms with van der Waals surface area (Å²) in [4.78, 5) is 10.3. The van der Waals surface area contributed by atoms with Crippen LogP contribution in [0.4, 0.5) is 5.69 Å². The smallest absolute Gasteiger partial charge is 0.282 e. The lowest BCUT2D eigenvalue weighted by molar-refractivity contribution is -0.384. The Hall–Kier alpha value is -1.26. The predicted molar refractivity (Wildman–Crippen MR) is 90.1 cm³/mol. The van der Waals surface area contributed by atoms with Gasteiger partial charge in [-0.05, 0) is 25.5 Å². The van der Waals surface area contributed by atoms with Gasteiger partial charge in [-0.25, -0.2) is 0 Å². The zero-order valence-corrected chi connectivity index (χ0v) is 15.2. The van der Waals surface area contributed by atoms with Crippen molar-refractivity contribution in [3.05, 3.63) is 38.9 Å². The summed E-state index contributed by atoms with van der Waals surface area (Å²) in [5.41, 5.74) is 0.250. The molecule has 0 spiro atoms. The summed E-state index contributed by atoms with van der Waals surface area (Å²) < 4.78 is 33.5. The van der Waals surface area contributed by atoms with Gasteiger partial charge in [0.25, 0.3) is 15.9 Å². The fourth-order valence-corrected chi connectivity index (χ4v) is 4.30. The molecule has 2 atom stereocenters. The summed E-state index contributed by atoms with van der Waals surface area (Å²) in [6.45, 7) is 4.10. The minimum Gasteiger partial charge on any atom is -0.373 e. The van der Waals surface area contributed by atoms with E-state index in [-0.39, 0.29) is 42.6 Å². The molecule has 1 heterocycles. The molecule has 10 heteroatoms. The van der Waals surface area contributed by atoms with E-state index in [1.807, 2.05) is 13.8 Å². The third-order valence-electron chi connectivity index (χ3n) is 3.74. The second-order valence-corrected chi connectivity index (χ2v) is 8.31. The Morgan fingerprint density at radius 1 is 1.38 bits per heavy atom. The monoisotopic (exact) mass is 377 g/mol. The second kappa shape index (κ2) is 7.32. The molecule has 0 unspecified atom stereocenters. The normalized spacial score (nSPS) is 22.7. The van der Waals surface area contributed by atoms with Gasteiger partial charge in [-0.15, -0.1) is 0 Å². The van der Waals surface area contributed by atoms with Crippen molar-refractivity contribution in [1.82, 2.24) is 8.61 Å². The third kappa shape index (κ3) is 4.22. The van der Waals surface area contributed by atoms with Crippen LogP contribution in [0.2, 0.25) is 5.02 Å². The van der Waals surface area contributed by atoms with Crippen molar-refractivity contribution in [3.63, 3.8) is 0 Å². The van der Waals surface area contributed by atoms with Crippen molar-refractivity contribution in [1.29, 1.82) is 0 Å². The van der Waals surface area contributed by atoms with Gasteiger partial charge in [0.1, 0.15) is 0 Å². The molecule has 0 N–H and O–H groups in total. The molecule has 0 saturated carbocycles. The lowest BCUT2D eigenvalue weighted by Gasteiger charge is -2.36. The standard InChI is InChI=1S/C14H20ClN3O5S/c1-10-7-17(8-11(2)23-10)24(21,22)16(3)9-12-6-13(18(19)20)4-5-14(12)15/h4-6,10-11H,7-9H2,1-3H3/t10-,11+. The molecular formula is C14H20ClN3O5S. The number of rotatable bonds is 5. The van der Waals surface area contributed by atoms with E-state index in [4.69, 9.17) is 16.3 Å². The number of hydrogen-bond donors (Lipinski definition) is 0. The first-order chi connectivity index (χ1) is 11.1. The number of nitrogens with zero attached hydrogens (tertiary/aromatic N) is 3. The molecule has 24 heavy (non-hydrogen) atoms. The average Bonchev–Trinajstić information content (AvgIpc) is 2.48. The molecule has 1 aliphatic rings. The number of non-ortho nitro benzene ring substituents is 1. The van der Waals surface area contributed by atoms with Crippen LogP contribution in [0.5, 0.6) is 0 Å². The Kier molecular flexibility index (Phi) is 5.82. The summed E-state index contributed by atoms with van der Waals surface area (Å²) in [5, 5.41) is 11.2. The molecule has 1 aromatic rings. The van der Waals surface area contributed by atoms with Crippen molar-refractivity contribution < 1.29 is 18.1 Å². The molecule has 1 aromatic carbocycles. The highest BCUT2D eigenvalue weighted by molar-refractivity contribution is 7.86. The lowest BCUT2D eigenvalue weighted by atomic mass is 10.2. The Labute approximate surface area is 146 Å². The average molecular weight is 378 g/mol. The third-order valence-corrected chi connectivity index (χ3v) is 5.98. The Bertz CT molecular complexity index is 717. The summed E-state index contributed by atoms with van der Waals surface area (Å²) in [7, 11) is -2.29. The van der Waals surface area contributed by atoms with Gasteiger partial charge in [-0.2, -0.15) is 17.0 Å². The number of hydrogen-bond acceptors (Lipinski definition) is 5. The SMILES string of the molecule is C[C@@H]1CN(S(=O)(=O)N(C)Cc2cc([N+](=O)[O-])ccc2Cl)C[C@H](C)O1. The van der Waals surface area contributed by atoms with Crippen LogP contribution < -0.4 is 0 Å². The van der Waals surface area contributed by atoms with Gasteiger partial charge in [-0.1, -0.05) is 11.6 Å². The van der Waals surface area contributed by atoms with Gasteiger partial charge in [-0.3, -0.25) is 10.1 Å². The van der Waals surface area contributed by atoms with Crippen molar-refractivity contribution in [2.24, 2.45) is 0 Å². The minimum atomic E-state index is -3.72. The first-order valence-corrected chi connectivity index (χ1v) is 9.18. The number of morpholine rings is 1. The lowest BCUT2D eigenvalue weighted by Crippen LogP contribution is -2.52. The second-order valence-electron chi connectivity index (χ2n) is 5.87. The molecule has 1 saturated heterocycles. The maximum Gasteiger partial charge on any atom is 0.282 e. The van der Waals surface area contributed by atoms with E-state index < -0.39 is 15.1 Å². The minimum absolute atomic E-state index is 0.0526. The number of ether oxygens (including phenoxy) is 1. The highest BCUT2D eigenvalue weighted by Gasteiger charge is 2.34. The molecule has 2 rings (SSSR count). The molecule has 0 aliphatic carbocycles. The molecule has 0 radical (unpaired) electrons. The van der Waals surface area contributed by atoms with E-state index in [1.54, 1.807) is 0 Å². The fraction of sp³-hybridized carbons (Fsp3) is 0.571.